The lowest BCUT2D eigenvalue weighted by molar-refractivity contribution is 0.289. The topological polar surface area (TPSA) is 53.1 Å². The monoisotopic (exact) mass is 231 g/mol. The van der Waals surface area contributed by atoms with E-state index >= 15 is 0 Å². The van der Waals surface area contributed by atoms with Gasteiger partial charge in [-0.25, -0.2) is 0 Å². The highest BCUT2D eigenvalue weighted by Crippen LogP contribution is 2.12. The molecular weight excluding hydrogens is 214 g/mol. The van der Waals surface area contributed by atoms with Gasteiger partial charge in [0.15, 0.2) is 0 Å². The Morgan fingerprint density at radius 1 is 1.35 bits per heavy atom. The van der Waals surface area contributed by atoms with E-state index in [0.29, 0.717) is 13.2 Å². The smallest absolute Gasteiger partial charge is 0.119 e. The zero-order valence-electron chi connectivity index (χ0n) is 9.97. The first-order valence-electron chi connectivity index (χ1n) is 5.70. The number of aryl methyl sites for hydroxylation is 1. The van der Waals surface area contributed by atoms with Gasteiger partial charge in [0.1, 0.15) is 12.4 Å². The Morgan fingerprint density at radius 2 is 2.24 bits per heavy atom. The lowest BCUT2D eigenvalue weighted by atomic mass is 10.2. The fraction of sp³-hybridized carbons (Fsp3) is 0.308. The molecule has 0 saturated heterocycles. The minimum Gasteiger partial charge on any atom is -0.492 e. The molecule has 4 nitrogen and oxygen atoms in total. The highest BCUT2D eigenvalue weighted by atomic mass is 16.5. The van der Waals surface area contributed by atoms with Gasteiger partial charge >= 0.3 is 0 Å². The lowest BCUT2D eigenvalue weighted by Crippen LogP contribution is -2.10. The molecule has 0 unspecified atom stereocenters. The third-order valence-corrected chi connectivity index (χ3v) is 2.63. The Hall–Kier alpha value is -1.81. The minimum absolute atomic E-state index is 0.537. The van der Waals surface area contributed by atoms with Crippen molar-refractivity contribution in [1.82, 2.24) is 9.78 Å². The SMILES string of the molecule is Cc1ccnn1CCOc1cccc(CN)c1. The molecule has 1 heterocycles. The van der Waals surface area contributed by atoms with Crippen molar-refractivity contribution < 1.29 is 4.74 Å². The Labute approximate surface area is 101 Å². The maximum absolute atomic E-state index is 5.66. The second-order valence-electron chi connectivity index (χ2n) is 3.90. The number of hydrogen-bond donors (Lipinski definition) is 1. The van der Waals surface area contributed by atoms with Crippen molar-refractivity contribution in [2.75, 3.05) is 6.61 Å². The van der Waals surface area contributed by atoms with E-state index < -0.39 is 0 Å². The first-order valence-corrected chi connectivity index (χ1v) is 5.70. The van der Waals surface area contributed by atoms with Crippen LogP contribution >= 0.6 is 0 Å². The number of benzene rings is 1. The van der Waals surface area contributed by atoms with Crippen LogP contribution in [-0.4, -0.2) is 16.4 Å². The summed E-state index contributed by atoms with van der Waals surface area (Å²) in [6.07, 6.45) is 1.80. The van der Waals surface area contributed by atoms with Crippen molar-refractivity contribution in [3.05, 3.63) is 47.8 Å². The van der Waals surface area contributed by atoms with Gasteiger partial charge in [0.2, 0.25) is 0 Å². The predicted molar refractivity (Wildman–Crippen MR) is 66.8 cm³/mol. The molecule has 0 spiro atoms. The van der Waals surface area contributed by atoms with Gasteiger partial charge in [-0.05, 0) is 30.7 Å². The number of nitrogens with two attached hydrogens (primary N) is 1. The summed E-state index contributed by atoms with van der Waals surface area (Å²) in [6.45, 7) is 3.93. The molecule has 17 heavy (non-hydrogen) atoms. The van der Waals surface area contributed by atoms with E-state index in [2.05, 4.69) is 5.10 Å². The summed E-state index contributed by atoms with van der Waals surface area (Å²) in [5, 5.41) is 4.20. The number of ether oxygens (including phenoxy) is 1. The summed E-state index contributed by atoms with van der Waals surface area (Å²) in [6, 6.07) is 9.83. The van der Waals surface area contributed by atoms with Gasteiger partial charge in [-0.2, -0.15) is 5.10 Å². The van der Waals surface area contributed by atoms with Gasteiger partial charge in [0.05, 0.1) is 6.54 Å². The second-order valence-corrected chi connectivity index (χ2v) is 3.90. The van der Waals surface area contributed by atoms with Crippen LogP contribution in [0.4, 0.5) is 0 Å². The molecule has 0 saturated carbocycles. The van der Waals surface area contributed by atoms with E-state index in [4.69, 9.17) is 10.5 Å². The lowest BCUT2D eigenvalue weighted by Gasteiger charge is -2.08. The zero-order valence-corrected chi connectivity index (χ0v) is 9.97. The molecule has 90 valence electrons. The Kier molecular flexibility index (Phi) is 3.77. The van der Waals surface area contributed by atoms with Crippen LogP contribution in [0.1, 0.15) is 11.3 Å². The third kappa shape index (κ3) is 3.07. The van der Waals surface area contributed by atoms with Crippen LogP contribution in [0.15, 0.2) is 36.5 Å². The summed E-state index contributed by atoms with van der Waals surface area (Å²) in [7, 11) is 0. The molecule has 0 atom stereocenters. The maximum Gasteiger partial charge on any atom is 0.119 e. The Balaban J connectivity index is 1.87. The maximum atomic E-state index is 5.66. The van der Waals surface area contributed by atoms with Crippen molar-refractivity contribution in [2.24, 2.45) is 5.73 Å². The van der Waals surface area contributed by atoms with E-state index in [1.807, 2.05) is 41.9 Å². The highest BCUT2D eigenvalue weighted by molar-refractivity contribution is 5.28. The van der Waals surface area contributed by atoms with Crippen LogP contribution in [0.5, 0.6) is 5.75 Å². The molecule has 0 radical (unpaired) electrons. The normalized spacial score (nSPS) is 10.5. The van der Waals surface area contributed by atoms with Crippen LogP contribution in [0.2, 0.25) is 0 Å². The highest BCUT2D eigenvalue weighted by Gasteiger charge is 1.98. The van der Waals surface area contributed by atoms with Crippen molar-refractivity contribution >= 4 is 0 Å². The number of aromatic nitrogens is 2. The van der Waals surface area contributed by atoms with Gasteiger partial charge in [-0.3, -0.25) is 4.68 Å². The average molecular weight is 231 g/mol. The summed E-state index contributed by atoms with van der Waals surface area (Å²) in [4.78, 5) is 0. The summed E-state index contributed by atoms with van der Waals surface area (Å²) < 4.78 is 7.58. The van der Waals surface area contributed by atoms with Gasteiger partial charge in [0.25, 0.3) is 0 Å². The standard InChI is InChI=1S/C13H17N3O/c1-11-5-6-15-16(11)7-8-17-13-4-2-3-12(9-13)10-14/h2-6,9H,7-8,10,14H2,1H3. The average Bonchev–Trinajstić information content (AvgIpc) is 2.76. The summed E-state index contributed by atoms with van der Waals surface area (Å²) >= 11 is 0. The van der Waals surface area contributed by atoms with Crippen LogP contribution < -0.4 is 10.5 Å². The fourth-order valence-electron chi connectivity index (χ4n) is 1.65. The largest absolute Gasteiger partial charge is 0.492 e. The van der Waals surface area contributed by atoms with Crippen molar-refractivity contribution in [3.63, 3.8) is 0 Å². The molecule has 2 aromatic rings. The number of rotatable bonds is 5. The van der Waals surface area contributed by atoms with E-state index in [1.54, 1.807) is 6.20 Å². The first-order chi connectivity index (χ1) is 8.29. The molecule has 0 fully saturated rings. The van der Waals surface area contributed by atoms with Crippen molar-refractivity contribution in [1.29, 1.82) is 0 Å². The van der Waals surface area contributed by atoms with E-state index in [9.17, 15) is 0 Å². The molecule has 0 amide bonds. The van der Waals surface area contributed by atoms with E-state index in [-0.39, 0.29) is 0 Å². The zero-order chi connectivity index (χ0) is 12.1. The molecule has 2 rings (SSSR count). The molecule has 0 bridgehead atoms. The third-order valence-electron chi connectivity index (χ3n) is 2.63. The molecule has 0 aliphatic heterocycles. The minimum atomic E-state index is 0.537. The molecule has 1 aromatic heterocycles. The molecule has 2 N–H and O–H groups in total. The second kappa shape index (κ2) is 5.50. The summed E-state index contributed by atoms with van der Waals surface area (Å²) in [5.41, 5.74) is 7.80. The molecule has 4 heteroatoms. The van der Waals surface area contributed by atoms with Crippen LogP contribution in [0.25, 0.3) is 0 Å². The molecule has 1 aromatic carbocycles. The van der Waals surface area contributed by atoms with Gasteiger partial charge < -0.3 is 10.5 Å². The quantitative estimate of drug-likeness (QED) is 0.852. The molecule has 0 aliphatic rings. The van der Waals surface area contributed by atoms with Crippen molar-refractivity contribution in [2.45, 2.75) is 20.0 Å². The predicted octanol–water partition coefficient (Wildman–Crippen LogP) is 1.73. The van der Waals surface area contributed by atoms with Gasteiger partial charge in [-0.1, -0.05) is 12.1 Å². The summed E-state index contributed by atoms with van der Waals surface area (Å²) in [5.74, 6) is 0.859. The van der Waals surface area contributed by atoms with Gasteiger partial charge in [0, 0.05) is 18.4 Å². The Morgan fingerprint density at radius 3 is 2.94 bits per heavy atom. The molecule has 0 aliphatic carbocycles. The molecular formula is C13H17N3O. The van der Waals surface area contributed by atoms with Crippen molar-refractivity contribution in [3.8, 4) is 5.75 Å². The van der Waals surface area contributed by atoms with E-state index in [0.717, 1.165) is 23.6 Å². The van der Waals surface area contributed by atoms with Crippen LogP contribution in [0, 0.1) is 6.92 Å². The first kappa shape index (κ1) is 11.7. The van der Waals surface area contributed by atoms with E-state index in [1.165, 1.54) is 0 Å². The number of hydrogen-bond acceptors (Lipinski definition) is 3. The fourth-order valence-corrected chi connectivity index (χ4v) is 1.65. The van der Waals surface area contributed by atoms with Gasteiger partial charge in [-0.15, -0.1) is 0 Å². The Bertz CT molecular complexity index is 479. The van der Waals surface area contributed by atoms with Crippen LogP contribution in [-0.2, 0) is 13.1 Å². The van der Waals surface area contributed by atoms with Crippen LogP contribution in [0.3, 0.4) is 0 Å². The number of nitrogens with zero attached hydrogens (tertiary/aromatic N) is 2.